The summed E-state index contributed by atoms with van der Waals surface area (Å²) in [7, 11) is 0. The van der Waals surface area contributed by atoms with Crippen molar-refractivity contribution in [3.63, 3.8) is 0 Å². The van der Waals surface area contributed by atoms with Crippen molar-refractivity contribution in [3.8, 4) is 0 Å². The molecule has 0 unspecified atom stereocenters. The van der Waals surface area contributed by atoms with Gasteiger partial charge in [-0.25, -0.2) is 9.97 Å². The zero-order chi connectivity index (χ0) is 14.9. The summed E-state index contributed by atoms with van der Waals surface area (Å²) in [5.41, 5.74) is 0.921. The van der Waals surface area contributed by atoms with E-state index in [1.54, 1.807) is 0 Å². The highest BCUT2D eigenvalue weighted by Crippen LogP contribution is 2.26. The number of aromatic nitrogens is 4. The Morgan fingerprint density at radius 1 is 1.35 bits per heavy atom. The first-order chi connectivity index (χ1) is 9.27. The van der Waals surface area contributed by atoms with Gasteiger partial charge in [-0.1, -0.05) is 34.6 Å². The number of hydrogen-bond acceptors (Lipinski definition) is 5. The van der Waals surface area contributed by atoms with Crippen LogP contribution in [0.3, 0.4) is 0 Å². The van der Waals surface area contributed by atoms with E-state index in [-0.39, 0.29) is 23.1 Å². The molecule has 6 nitrogen and oxygen atoms in total. The van der Waals surface area contributed by atoms with Crippen LogP contribution in [0, 0.1) is 0 Å². The third kappa shape index (κ3) is 3.22. The molecule has 2 rings (SSSR count). The fraction of sp³-hybridized carbons (Fsp3) is 0.538. The highest BCUT2D eigenvalue weighted by molar-refractivity contribution is 7.14. The number of aromatic amines is 1. The molecule has 108 valence electrons. The van der Waals surface area contributed by atoms with Crippen LogP contribution in [-0.4, -0.2) is 26.1 Å². The second kappa shape index (κ2) is 5.32. The lowest BCUT2D eigenvalue weighted by atomic mass is 9.93. The van der Waals surface area contributed by atoms with Gasteiger partial charge in [0.25, 0.3) is 5.91 Å². The van der Waals surface area contributed by atoms with Crippen LogP contribution in [0.4, 0.5) is 5.13 Å². The Morgan fingerprint density at radius 2 is 2.05 bits per heavy atom. The van der Waals surface area contributed by atoms with E-state index >= 15 is 0 Å². The SMILES string of the molecule is CC(C)c1nc(C(=O)Nc2nc(C(C)(C)C)cs2)n[nH]1. The minimum absolute atomic E-state index is 0.0329. The van der Waals surface area contributed by atoms with Crippen molar-refractivity contribution in [3.05, 3.63) is 22.7 Å². The van der Waals surface area contributed by atoms with Crippen LogP contribution in [0.25, 0.3) is 0 Å². The third-order valence-electron chi connectivity index (χ3n) is 2.75. The van der Waals surface area contributed by atoms with Gasteiger partial charge in [0.15, 0.2) is 5.13 Å². The molecule has 0 aromatic carbocycles. The molecule has 2 N–H and O–H groups in total. The molecule has 2 aromatic heterocycles. The molecular weight excluding hydrogens is 274 g/mol. The standard InChI is InChI=1S/C13H19N5OS/c1-7(2)9-15-10(18-17-9)11(19)16-12-14-8(6-20-12)13(3,4)5/h6-7H,1-5H3,(H,14,16,19)(H,15,17,18). The molecule has 0 bridgehead atoms. The van der Waals surface area contributed by atoms with Gasteiger partial charge >= 0.3 is 0 Å². The van der Waals surface area contributed by atoms with E-state index < -0.39 is 0 Å². The number of nitrogens with one attached hydrogen (secondary N) is 2. The van der Waals surface area contributed by atoms with Crippen molar-refractivity contribution in [1.29, 1.82) is 0 Å². The number of H-pyrrole nitrogens is 1. The van der Waals surface area contributed by atoms with Crippen molar-refractivity contribution in [2.75, 3.05) is 5.32 Å². The minimum Gasteiger partial charge on any atom is -0.295 e. The summed E-state index contributed by atoms with van der Waals surface area (Å²) in [5, 5.41) is 11.9. The number of hydrogen-bond donors (Lipinski definition) is 2. The maximum Gasteiger partial charge on any atom is 0.297 e. The van der Waals surface area contributed by atoms with Crippen molar-refractivity contribution in [2.45, 2.75) is 46.0 Å². The van der Waals surface area contributed by atoms with Gasteiger partial charge in [-0.15, -0.1) is 16.4 Å². The second-order valence-corrected chi connectivity index (χ2v) is 6.80. The highest BCUT2D eigenvalue weighted by atomic mass is 32.1. The molecule has 0 aliphatic rings. The van der Waals surface area contributed by atoms with E-state index in [4.69, 9.17) is 0 Å². The number of carbonyl (C=O) groups excluding carboxylic acids is 1. The Kier molecular flexibility index (Phi) is 3.89. The second-order valence-electron chi connectivity index (χ2n) is 5.94. The largest absolute Gasteiger partial charge is 0.297 e. The first kappa shape index (κ1) is 14.6. The molecular formula is C13H19N5OS. The average Bonchev–Trinajstić information content (AvgIpc) is 2.95. The molecule has 7 heteroatoms. The van der Waals surface area contributed by atoms with Crippen LogP contribution in [0.5, 0.6) is 0 Å². The van der Waals surface area contributed by atoms with E-state index in [0.717, 1.165) is 5.69 Å². The molecule has 0 radical (unpaired) electrons. The van der Waals surface area contributed by atoms with Crippen LogP contribution in [0.1, 0.15) is 62.7 Å². The summed E-state index contributed by atoms with van der Waals surface area (Å²) in [6.07, 6.45) is 0. The lowest BCUT2D eigenvalue weighted by Crippen LogP contribution is -2.15. The smallest absolute Gasteiger partial charge is 0.295 e. The molecule has 0 saturated carbocycles. The molecule has 2 heterocycles. The summed E-state index contributed by atoms with van der Waals surface area (Å²) in [6.45, 7) is 10.2. The number of anilines is 1. The number of amides is 1. The summed E-state index contributed by atoms with van der Waals surface area (Å²) in [5.74, 6) is 0.699. The molecule has 1 amide bonds. The third-order valence-corrected chi connectivity index (χ3v) is 3.50. The predicted octanol–water partition coefficient (Wildman–Crippen LogP) is 2.93. The minimum atomic E-state index is -0.344. The lowest BCUT2D eigenvalue weighted by Gasteiger charge is -2.14. The first-order valence-corrected chi connectivity index (χ1v) is 7.35. The van der Waals surface area contributed by atoms with Crippen LogP contribution in [-0.2, 0) is 5.41 Å². The van der Waals surface area contributed by atoms with Gasteiger partial charge in [-0.3, -0.25) is 15.2 Å². The van der Waals surface area contributed by atoms with Gasteiger partial charge in [0.1, 0.15) is 5.82 Å². The molecule has 0 aliphatic carbocycles. The van der Waals surface area contributed by atoms with Crippen molar-refractivity contribution >= 4 is 22.4 Å². The summed E-state index contributed by atoms with van der Waals surface area (Å²) < 4.78 is 0. The Morgan fingerprint density at radius 3 is 2.55 bits per heavy atom. The number of thiazole rings is 1. The van der Waals surface area contributed by atoms with Gasteiger partial charge in [-0.05, 0) is 0 Å². The molecule has 0 spiro atoms. The Balaban J connectivity index is 2.09. The van der Waals surface area contributed by atoms with Gasteiger partial charge < -0.3 is 0 Å². The van der Waals surface area contributed by atoms with Crippen LogP contribution in [0.2, 0.25) is 0 Å². The van der Waals surface area contributed by atoms with Crippen molar-refractivity contribution < 1.29 is 4.79 Å². The number of rotatable bonds is 3. The van der Waals surface area contributed by atoms with E-state index in [1.165, 1.54) is 11.3 Å². The monoisotopic (exact) mass is 293 g/mol. The Hall–Kier alpha value is -1.76. The fourth-order valence-corrected chi connectivity index (χ4v) is 2.39. The van der Waals surface area contributed by atoms with Crippen molar-refractivity contribution in [2.24, 2.45) is 0 Å². The predicted molar refractivity (Wildman–Crippen MR) is 79.2 cm³/mol. The average molecular weight is 293 g/mol. The van der Waals surface area contributed by atoms with Gasteiger partial charge in [-0.2, -0.15) is 0 Å². The fourth-order valence-electron chi connectivity index (χ4n) is 1.46. The van der Waals surface area contributed by atoms with E-state index in [1.807, 2.05) is 19.2 Å². The van der Waals surface area contributed by atoms with Crippen LogP contribution < -0.4 is 5.32 Å². The van der Waals surface area contributed by atoms with Gasteiger partial charge in [0.05, 0.1) is 5.69 Å². The summed E-state index contributed by atoms with van der Waals surface area (Å²) in [4.78, 5) is 20.6. The molecule has 0 aliphatic heterocycles. The number of carbonyl (C=O) groups is 1. The zero-order valence-corrected chi connectivity index (χ0v) is 13.1. The van der Waals surface area contributed by atoms with E-state index in [0.29, 0.717) is 11.0 Å². The molecule has 20 heavy (non-hydrogen) atoms. The highest BCUT2D eigenvalue weighted by Gasteiger charge is 2.20. The zero-order valence-electron chi connectivity index (χ0n) is 12.3. The first-order valence-electron chi connectivity index (χ1n) is 6.47. The molecule has 0 saturated heterocycles. The lowest BCUT2D eigenvalue weighted by molar-refractivity contribution is 0.101. The van der Waals surface area contributed by atoms with Gasteiger partial charge in [0, 0.05) is 16.7 Å². The summed E-state index contributed by atoms with van der Waals surface area (Å²) >= 11 is 1.40. The maximum atomic E-state index is 12.0. The molecule has 0 fully saturated rings. The quantitative estimate of drug-likeness (QED) is 0.911. The topological polar surface area (TPSA) is 83.6 Å². The number of nitrogens with zero attached hydrogens (tertiary/aromatic N) is 3. The van der Waals surface area contributed by atoms with Crippen LogP contribution in [0.15, 0.2) is 5.38 Å². The van der Waals surface area contributed by atoms with Gasteiger partial charge in [0.2, 0.25) is 5.82 Å². The van der Waals surface area contributed by atoms with Crippen LogP contribution >= 0.6 is 11.3 Å². The van der Waals surface area contributed by atoms with E-state index in [2.05, 4.69) is 46.3 Å². The Labute approximate surface area is 122 Å². The van der Waals surface area contributed by atoms with E-state index in [9.17, 15) is 4.79 Å². The molecule has 0 atom stereocenters. The maximum absolute atomic E-state index is 12.0. The normalized spacial score (nSPS) is 11.9. The van der Waals surface area contributed by atoms with Crippen molar-refractivity contribution in [1.82, 2.24) is 20.2 Å². The Bertz CT molecular complexity index is 608. The summed E-state index contributed by atoms with van der Waals surface area (Å²) in [6, 6.07) is 0. The molecule has 2 aromatic rings.